The summed E-state index contributed by atoms with van der Waals surface area (Å²) < 4.78 is 0. The lowest BCUT2D eigenvalue weighted by molar-refractivity contribution is 0.216. The van der Waals surface area contributed by atoms with Gasteiger partial charge in [0.15, 0.2) is 0 Å². The van der Waals surface area contributed by atoms with E-state index < -0.39 is 6.10 Å². The molecular weight excluding hydrogens is 280 g/mol. The average molecular weight is 296 g/mol. The number of hydrogen-bond acceptors (Lipinski definition) is 1. The van der Waals surface area contributed by atoms with E-state index in [2.05, 4.69) is 60.7 Å². The summed E-state index contributed by atoms with van der Waals surface area (Å²) in [5.41, 5.74) is 4.57. The Morgan fingerprint density at radius 3 is 1.43 bits per heavy atom. The Morgan fingerprint density at radius 1 is 0.609 bits per heavy atom. The number of benzene rings is 4. The quantitative estimate of drug-likeness (QED) is 0.485. The molecule has 0 unspecified atom stereocenters. The number of hydrogen-bond donors (Lipinski definition) is 1. The maximum absolute atomic E-state index is 10.9. The van der Waals surface area contributed by atoms with Gasteiger partial charge in [-0.3, -0.25) is 0 Å². The molecule has 0 bridgehead atoms. The SMILES string of the molecule is OC1c2cc3ccccc3cc2Cc2cc3ccccc3cc21. The third-order valence-electron chi connectivity index (χ3n) is 4.99. The van der Waals surface area contributed by atoms with E-state index in [9.17, 15) is 5.11 Å². The Bertz CT molecular complexity index is 977. The van der Waals surface area contributed by atoms with Gasteiger partial charge in [-0.05, 0) is 62.4 Å². The summed E-state index contributed by atoms with van der Waals surface area (Å²) >= 11 is 0. The van der Waals surface area contributed by atoms with Crippen molar-refractivity contribution in [3.63, 3.8) is 0 Å². The van der Waals surface area contributed by atoms with Gasteiger partial charge in [0.05, 0.1) is 0 Å². The highest BCUT2D eigenvalue weighted by Gasteiger charge is 2.24. The molecule has 0 saturated heterocycles. The largest absolute Gasteiger partial charge is 0.384 e. The fourth-order valence-electron chi connectivity index (χ4n) is 3.80. The van der Waals surface area contributed by atoms with Gasteiger partial charge in [-0.1, -0.05) is 60.7 Å². The molecule has 1 N–H and O–H groups in total. The molecule has 0 spiro atoms. The van der Waals surface area contributed by atoms with Gasteiger partial charge in [0.25, 0.3) is 0 Å². The van der Waals surface area contributed by atoms with Gasteiger partial charge < -0.3 is 5.11 Å². The van der Waals surface area contributed by atoms with E-state index in [1.54, 1.807) is 0 Å². The second-order valence-corrected chi connectivity index (χ2v) is 6.38. The van der Waals surface area contributed by atoms with E-state index in [1.165, 1.54) is 32.7 Å². The highest BCUT2D eigenvalue weighted by molar-refractivity contribution is 5.87. The standard InChI is InChI=1S/C22H16O/c23-22-20-12-16-7-3-1-5-14(16)9-18(20)11-19-10-15-6-2-4-8-17(15)13-21(19)22/h1-10,12-13,22-23H,11H2. The van der Waals surface area contributed by atoms with Gasteiger partial charge in [-0.2, -0.15) is 0 Å². The zero-order chi connectivity index (χ0) is 15.4. The molecule has 0 atom stereocenters. The Balaban J connectivity index is 1.76. The molecule has 1 nitrogen and oxygen atoms in total. The van der Waals surface area contributed by atoms with Crippen LogP contribution < -0.4 is 0 Å². The van der Waals surface area contributed by atoms with Crippen LogP contribution in [0.5, 0.6) is 0 Å². The normalized spacial score (nSPS) is 14.0. The van der Waals surface area contributed by atoms with E-state index in [1.807, 2.05) is 12.1 Å². The second kappa shape index (κ2) is 4.68. The van der Waals surface area contributed by atoms with Crippen molar-refractivity contribution >= 4 is 21.5 Å². The molecule has 0 heterocycles. The van der Waals surface area contributed by atoms with Crippen LogP contribution in [0.1, 0.15) is 28.4 Å². The number of rotatable bonds is 0. The van der Waals surface area contributed by atoms with Crippen LogP contribution in [-0.2, 0) is 6.42 Å². The molecule has 1 aliphatic carbocycles. The van der Waals surface area contributed by atoms with Crippen molar-refractivity contribution in [2.75, 3.05) is 0 Å². The summed E-state index contributed by atoms with van der Waals surface area (Å²) in [6.45, 7) is 0. The first kappa shape index (κ1) is 12.9. The molecule has 1 heteroatoms. The molecule has 5 rings (SSSR count). The first-order valence-electron chi connectivity index (χ1n) is 8.01. The lowest BCUT2D eigenvalue weighted by Crippen LogP contribution is -2.13. The third-order valence-corrected chi connectivity index (χ3v) is 4.99. The average Bonchev–Trinajstić information content (AvgIpc) is 2.59. The first-order valence-corrected chi connectivity index (χ1v) is 8.01. The molecule has 1 aliphatic rings. The van der Waals surface area contributed by atoms with Gasteiger partial charge in [-0.25, -0.2) is 0 Å². The van der Waals surface area contributed by atoms with Gasteiger partial charge >= 0.3 is 0 Å². The molecule has 23 heavy (non-hydrogen) atoms. The number of aliphatic hydroxyl groups is 1. The lowest BCUT2D eigenvalue weighted by Gasteiger charge is -2.26. The van der Waals surface area contributed by atoms with Crippen LogP contribution in [0.4, 0.5) is 0 Å². The van der Waals surface area contributed by atoms with Crippen molar-refractivity contribution in [2.24, 2.45) is 0 Å². The highest BCUT2D eigenvalue weighted by atomic mass is 16.3. The molecular formula is C22H16O. The maximum Gasteiger partial charge on any atom is 0.105 e. The summed E-state index contributed by atoms with van der Waals surface area (Å²) in [6.07, 6.45) is 0.347. The van der Waals surface area contributed by atoms with Gasteiger partial charge in [-0.15, -0.1) is 0 Å². The minimum Gasteiger partial charge on any atom is -0.384 e. The Kier molecular flexibility index (Phi) is 2.61. The van der Waals surface area contributed by atoms with Crippen molar-refractivity contribution in [2.45, 2.75) is 12.5 Å². The molecule has 0 amide bonds. The van der Waals surface area contributed by atoms with Crippen molar-refractivity contribution in [1.82, 2.24) is 0 Å². The molecule has 0 saturated carbocycles. The van der Waals surface area contributed by atoms with Gasteiger partial charge in [0.2, 0.25) is 0 Å². The van der Waals surface area contributed by atoms with E-state index in [-0.39, 0.29) is 0 Å². The Labute approximate surface area is 134 Å². The van der Waals surface area contributed by atoms with E-state index >= 15 is 0 Å². The van der Waals surface area contributed by atoms with Crippen LogP contribution in [0, 0.1) is 0 Å². The van der Waals surface area contributed by atoms with Crippen LogP contribution in [-0.4, -0.2) is 5.11 Å². The van der Waals surface area contributed by atoms with E-state index in [0.29, 0.717) is 0 Å². The fourth-order valence-corrected chi connectivity index (χ4v) is 3.80. The molecule has 4 aromatic rings. The van der Waals surface area contributed by atoms with Crippen LogP contribution in [0.15, 0.2) is 72.8 Å². The van der Waals surface area contributed by atoms with E-state index in [4.69, 9.17) is 0 Å². The van der Waals surface area contributed by atoms with E-state index in [0.717, 1.165) is 17.5 Å². The minimum atomic E-state index is -0.539. The second-order valence-electron chi connectivity index (χ2n) is 6.38. The Hall–Kier alpha value is -2.64. The maximum atomic E-state index is 10.9. The fraction of sp³-hybridized carbons (Fsp3) is 0.0909. The van der Waals surface area contributed by atoms with Crippen LogP contribution in [0.25, 0.3) is 21.5 Å². The summed E-state index contributed by atoms with van der Waals surface area (Å²) in [6, 6.07) is 25.5. The van der Waals surface area contributed by atoms with Crippen molar-refractivity contribution in [1.29, 1.82) is 0 Å². The van der Waals surface area contributed by atoms with Crippen LogP contribution >= 0.6 is 0 Å². The predicted octanol–water partition coefficient (Wildman–Crippen LogP) is 4.98. The lowest BCUT2D eigenvalue weighted by atomic mass is 9.81. The topological polar surface area (TPSA) is 20.2 Å². The van der Waals surface area contributed by atoms with Crippen LogP contribution in [0.2, 0.25) is 0 Å². The molecule has 110 valence electrons. The summed E-state index contributed by atoms with van der Waals surface area (Å²) in [5, 5.41) is 15.8. The molecule has 0 radical (unpaired) electrons. The zero-order valence-electron chi connectivity index (χ0n) is 12.7. The predicted molar refractivity (Wildman–Crippen MR) is 94.8 cm³/mol. The highest BCUT2D eigenvalue weighted by Crippen LogP contribution is 2.38. The first-order chi connectivity index (χ1) is 11.3. The summed E-state index contributed by atoms with van der Waals surface area (Å²) in [7, 11) is 0. The molecule has 0 aromatic heterocycles. The molecule has 0 aliphatic heterocycles. The Morgan fingerprint density at radius 2 is 1.00 bits per heavy atom. The van der Waals surface area contributed by atoms with Crippen molar-refractivity contribution < 1.29 is 5.11 Å². The smallest absolute Gasteiger partial charge is 0.105 e. The third kappa shape index (κ3) is 1.90. The number of fused-ring (bicyclic) bond motifs is 4. The van der Waals surface area contributed by atoms with Crippen molar-refractivity contribution in [3.8, 4) is 0 Å². The summed E-state index contributed by atoms with van der Waals surface area (Å²) in [4.78, 5) is 0. The minimum absolute atomic E-state index is 0.539. The van der Waals surface area contributed by atoms with Crippen molar-refractivity contribution in [3.05, 3.63) is 95.1 Å². The molecule has 0 fully saturated rings. The van der Waals surface area contributed by atoms with Crippen LogP contribution in [0.3, 0.4) is 0 Å². The van der Waals surface area contributed by atoms with Gasteiger partial charge in [0.1, 0.15) is 6.10 Å². The molecule has 4 aromatic carbocycles. The summed E-state index contributed by atoms with van der Waals surface area (Å²) in [5.74, 6) is 0. The zero-order valence-corrected chi connectivity index (χ0v) is 12.7. The monoisotopic (exact) mass is 296 g/mol. The van der Waals surface area contributed by atoms with Gasteiger partial charge in [0, 0.05) is 0 Å². The number of aliphatic hydroxyl groups excluding tert-OH is 1.